The zero-order chi connectivity index (χ0) is 13.2. The minimum Gasteiger partial charge on any atom is -0.354 e. The number of nitrogens with one attached hydrogen (secondary N) is 2. The molecule has 0 aliphatic carbocycles. The van der Waals surface area contributed by atoms with Gasteiger partial charge in [-0.05, 0) is 17.9 Å². The summed E-state index contributed by atoms with van der Waals surface area (Å²) in [5.74, 6) is 0.595. The van der Waals surface area contributed by atoms with E-state index in [4.69, 9.17) is 11.6 Å². The summed E-state index contributed by atoms with van der Waals surface area (Å²) >= 11 is 7.76. The van der Waals surface area contributed by atoms with Crippen LogP contribution in [0, 0.1) is 0 Å². The Labute approximate surface area is 119 Å². The maximum atomic E-state index is 6.20. The highest BCUT2D eigenvalue weighted by molar-refractivity contribution is 7.14. The summed E-state index contributed by atoms with van der Waals surface area (Å²) in [5, 5.41) is 13.6. The van der Waals surface area contributed by atoms with Crippen molar-refractivity contribution < 1.29 is 0 Å². The van der Waals surface area contributed by atoms with Gasteiger partial charge in [0.1, 0.15) is 0 Å². The summed E-state index contributed by atoms with van der Waals surface area (Å²) in [7, 11) is 0. The molecule has 5 nitrogen and oxygen atoms in total. The van der Waals surface area contributed by atoms with Crippen molar-refractivity contribution in [1.82, 2.24) is 20.2 Å². The van der Waals surface area contributed by atoms with Gasteiger partial charge in [0.05, 0.1) is 27.2 Å². The maximum absolute atomic E-state index is 6.20. The Kier molecular flexibility index (Phi) is 3.35. The Morgan fingerprint density at radius 3 is 3.05 bits per heavy atom. The zero-order valence-corrected chi connectivity index (χ0v) is 11.8. The Morgan fingerprint density at radius 2 is 2.32 bits per heavy atom. The van der Waals surface area contributed by atoms with Crippen molar-refractivity contribution in [1.29, 1.82) is 0 Å². The molecule has 0 fully saturated rings. The molecule has 19 heavy (non-hydrogen) atoms. The van der Waals surface area contributed by atoms with Crippen LogP contribution in [0.25, 0.3) is 21.6 Å². The summed E-state index contributed by atoms with van der Waals surface area (Å²) in [6.07, 6.45) is 2.74. The predicted molar refractivity (Wildman–Crippen MR) is 78.8 cm³/mol. The number of fused-ring (bicyclic) bond motifs is 1. The highest BCUT2D eigenvalue weighted by atomic mass is 35.5. The van der Waals surface area contributed by atoms with Gasteiger partial charge in [-0.25, -0.2) is 4.98 Å². The van der Waals surface area contributed by atoms with Crippen LogP contribution < -0.4 is 5.32 Å². The lowest BCUT2D eigenvalue weighted by Gasteiger charge is -2.06. The third-order valence-electron chi connectivity index (χ3n) is 2.68. The minimum atomic E-state index is 0.595. The van der Waals surface area contributed by atoms with Gasteiger partial charge >= 0.3 is 0 Å². The largest absolute Gasteiger partial charge is 0.354 e. The summed E-state index contributed by atoms with van der Waals surface area (Å²) in [6.45, 7) is 2.93. The Morgan fingerprint density at radius 1 is 1.42 bits per heavy atom. The molecule has 0 radical (unpaired) electrons. The Balaban J connectivity index is 2.16. The van der Waals surface area contributed by atoms with E-state index in [1.54, 1.807) is 17.5 Å². The molecular weight excluding hydrogens is 282 g/mol. The first-order valence-electron chi connectivity index (χ1n) is 5.98. The normalized spacial score (nSPS) is 11.1. The number of H-pyrrole nitrogens is 1. The molecule has 3 aromatic heterocycles. The number of hydrogen-bond acceptors (Lipinski definition) is 5. The molecule has 3 rings (SSSR count). The molecule has 3 aromatic rings. The smallest absolute Gasteiger partial charge is 0.225 e. The SMILES string of the molecule is CCCNc1nc(-c2sccc2Cl)c2cn[nH]c2n1. The molecule has 0 aliphatic heterocycles. The lowest BCUT2D eigenvalue weighted by Crippen LogP contribution is -2.05. The number of aromatic nitrogens is 4. The molecule has 0 atom stereocenters. The Hall–Kier alpha value is -1.66. The molecule has 0 saturated heterocycles. The van der Waals surface area contributed by atoms with Crippen molar-refractivity contribution in [2.24, 2.45) is 0 Å². The number of hydrogen-bond donors (Lipinski definition) is 2. The molecule has 0 saturated carbocycles. The van der Waals surface area contributed by atoms with E-state index < -0.39 is 0 Å². The van der Waals surface area contributed by atoms with Crippen molar-refractivity contribution in [3.63, 3.8) is 0 Å². The molecule has 3 heterocycles. The molecule has 0 amide bonds. The van der Waals surface area contributed by atoms with Gasteiger partial charge in [0.25, 0.3) is 0 Å². The van der Waals surface area contributed by atoms with E-state index in [0.717, 1.165) is 28.9 Å². The van der Waals surface area contributed by atoms with Crippen molar-refractivity contribution in [2.45, 2.75) is 13.3 Å². The monoisotopic (exact) mass is 293 g/mol. The van der Waals surface area contributed by atoms with Gasteiger partial charge in [0.15, 0.2) is 5.65 Å². The van der Waals surface area contributed by atoms with Gasteiger partial charge in [0, 0.05) is 6.54 Å². The molecule has 0 aromatic carbocycles. The average Bonchev–Trinajstić information content (AvgIpc) is 3.03. The molecule has 7 heteroatoms. The first-order valence-corrected chi connectivity index (χ1v) is 7.23. The first-order chi connectivity index (χ1) is 9.29. The van der Waals surface area contributed by atoms with Crippen LogP contribution in [0.2, 0.25) is 5.02 Å². The second kappa shape index (κ2) is 5.14. The topological polar surface area (TPSA) is 66.5 Å². The number of aromatic amines is 1. The standard InChI is InChI=1S/C12H12ClN5S/c1-2-4-14-12-16-9(10-8(13)3-5-19-10)7-6-15-18-11(7)17-12/h3,5-6H,2,4H2,1H3,(H2,14,15,16,17,18). The van der Waals surface area contributed by atoms with Gasteiger partial charge in [-0.3, -0.25) is 5.10 Å². The van der Waals surface area contributed by atoms with Crippen LogP contribution in [-0.2, 0) is 0 Å². The number of rotatable bonds is 4. The average molecular weight is 294 g/mol. The fourth-order valence-corrected chi connectivity index (χ4v) is 2.94. The van der Waals surface area contributed by atoms with Crippen molar-refractivity contribution in [2.75, 3.05) is 11.9 Å². The first kappa shape index (κ1) is 12.4. The molecule has 98 valence electrons. The molecule has 0 unspecified atom stereocenters. The fraction of sp³-hybridized carbons (Fsp3) is 0.250. The lowest BCUT2D eigenvalue weighted by atomic mass is 10.2. The molecule has 2 N–H and O–H groups in total. The van der Waals surface area contributed by atoms with Crippen LogP contribution in [-0.4, -0.2) is 26.7 Å². The van der Waals surface area contributed by atoms with Crippen LogP contribution in [0.3, 0.4) is 0 Å². The predicted octanol–water partition coefficient (Wildman–Crippen LogP) is 3.56. The van der Waals surface area contributed by atoms with E-state index in [9.17, 15) is 0 Å². The van der Waals surface area contributed by atoms with Crippen molar-refractivity contribution >= 4 is 39.9 Å². The number of anilines is 1. The fourth-order valence-electron chi connectivity index (χ4n) is 1.79. The summed E-state index contributed by atoms with van der Waals surface area (Å²) in [5.41, 5.74) is 1.53. The summed E-state index contributed by atoms with van der Waals surface area (Å²) < 4.78 is 0. The third-order valence-corrected chi connectivity index (χ3v) is 4.02. The quantitative estimate of drug-likeness (QED) is 0.772. The molecule has 0 bridgehead atoms. The zero-order valence-electron chi connectivity index (χ0n) is 10.3. The number of thiophene rings is 1. The van der Waals surface area contributed by atoms with Gasteiger partial charge in [-0.1, -0.05) is 18.5 Å². The van der Waals surface area contributed by atoms with E-state index in [1.165, 1.54) is 0 Å². The van der Waals surface area contributed by atoms with Gasteiger partial charge in [-0.2, -0.15) is 10.1 Å². The highest BCUT2D eigenvalue weighted by Crippen LogP contribution is 2.35. The van der Waals surface area contributed by atoms with Crippen molar-refractivity contribution in [3.05, 3.63) is 22.7 Å². The van der Waals surface area contributed by atoms with E-state index in [2.05, 4.69) is 32.4 Å². The number of halogens is 1. The van der Waals surface area contributed by atoms with Crippen LogP contribution >= 0.6 is 22.9 Å². The third kappa shape index (κ3) is 2.29. The lowest BCUT2D eigenvalue weighted by molar-refractivity contribution is 0.955. The Bertz CT molecular complexity index is 705. The molecule has 0 spiro atoms. The van der Waals surface area contributed by atoms with Crippen molar-refractivity contribution in [3.8, 4) is 10.6 Å². The summed E-state index contributed by atoms with van der Waals surface area (Å²) in [6, 6.07) is 1.87. The highest BCUT2D eigenvalue weighted by Gasteiger charge is 2.14. The van der Waals surface area contributed by atoms with Crippen LogP contribution in [0.15, 0.2) is 17.6 Å². The number of nitrogens with zero attached hydrogens (tertiary/aromatic N) is 3. The molecular formula is C12H12ClN5S. The van der Waals surface area contributed by atoms with E-state index in [0.29, 0.717) is 16.6 Å². The van der Waals surface area contributed by atoms with Gasteiger partial charge in [-0.15, -0.1) is 11.3 Å². The van der Waals surface area contributed by atoms with Gasteiger partial charge < -0.3 is 5.32 Å². The van der Waals surface area contributed by atoms with E-state index in [-0.39, 0.29) is 0 Å². The van der Waals surface area contributed by atoms with Crippen LogP contribution in [0.4, 0.5) is 5.95 Å². The summed E-state index contributed by atoms with van der Waals surface area (Å²) in [4.78, 5) is 9.89. The van der Waals surface area contributed by atoms with Gasteiger partial charge in [0.2, 0.25) is 5.95 Å². The molecule has 0 aliphatic rings. The van der Waals surface area contributed by atoms with Crippen LogP contribution in [0.5, 0.6) is 0 Å². The van der Waals surface area contributed by atoms with Crippen LogP contribution in [0.1, 0.15) is 13.3 Å². The van der Waals surface area contributed by atoms with E-state index >= 15 is 0 Å². The second-order valence-electron chi connectivity index (χ2n) is 4.05. The van der Waals surface area contributed by atoms with E-state index in [1.807, 2.05) is 11.4 Å². The maximum Gasteiger partial charge on any atom is 0.225 e. The minimum absolute atomic E-state index is 0.595. The second-order valence-corrected chi connectivity index (χ2v) is 5.38.